The van der Waals surface area contributed by atoms with Gasteiger partial charge in [-0.25, -0.2) is 0 Å². The largest absolute Gasteiger partial charge is 0.508 e. The van der Waals surface area contributed by atoms with Gasteiger partial charge in [-0.1, -0.05) is 67.7 Å². The molecule has 0 spiro atoms. The highest BCUT2D eigenvalue weighted by atomic mass is 79.9. The summed E-state index contributed by atoms with van der Waals surface area (Å²) in [7, 11) is 0. The zero-order valence-electron chi connectivity index (χ0n) is 14.7. The zero-order chi connectivity index (χ0) is 19.7. The van der Waals surface area contributed by atoms with Gasteiger partial charge in [0.2, 0.25) is 0 Å². The van der Waals surface area contributed by atoms with Gasteiger partial charge in [0.05, 0.1) is 0 Å². The van der Waals surface area contributed by atoms with Crippen molar-refractivity contribution in [1.29, 1.82) is 0 Å². The molecule has 0 amide bonds. The molecule has 2 N–H and O–H groups in total. The van der Waals surface area contributed by atoms with Crippen LogP contribution >= 0.6 is 43.5 Å². The van der Waals surface area contributed by atoms with Gasteiger partial charge in [0.25, 0.3) is 0 Å². The van der Waals surface area contributed by atoms with Crippen LogP contribution in [0.5, 0.6) is 5.75 Å². The fourth-order valence-electron chi connectivity index (χ4n) is 3.34. The molecule has 2 atom stereocenters. The molecule has 4 rings (SSSR count). The van der Waals surface area contributed by atoms with Crippen LogP contribution in [-0.2, 0) is 0 Å². The van der Waals surface area contributed by atoms with Gasteiger partial charge in [-0.2, -0.15) is 0 Å². The Bertz CT molecular complexity index is 1020. The van der Waals surface area contributed by atoms with Gasteiger partial charge in [0.1, 0.15) is 11.9 Å². The van der Waals surface area contributed by atoms with E-state index >= 15 is 0 Å². The first-order valence-electron chi connectivity index (χ1n) is 8.82. The van der Waals surface area contributed by atoms with Crippen molar-refractivity contribution in [3.63, 3.8) is 0 Å². The lowest BCUT2D eigenvalue weighted by Gasteiger charge is -2.31. The first-order valence-corrected chi connectivity index (χ1v) is 10.8. The van der Waals surface area contributed by atoms with E-state index in [0.717, 1.165) is 31.3 Å². The number of aromatic hydroxyl groups is 1. The van der Waals surface area contributed by atoms with E-state index in [0.29, 0.717) is 11.4 Å². The van der Waals surface area contributed by atoms with Crippen molar-refractivity contribution < 1.29 is 5.11 Å². The molecular formula is C22H17Br2ClN2O. The van der Waals surface area contributed by atoms with E-state index in [1.807, 2.05) is 60.7 Å². The number of nitrogens with zero attached hydrogens (tertiary/aromatic N) is 1. The van der Waals surface area contributed by atoms with E-state index in [-0.39, 0.29) is 18.0 Å². The number of phenols is 1. The maximum atomic E-state index is 10.4. The third-order valence-electron chi connectivity index (χ3n) is 4.77. The number of hydrogen-bond donors (Lipinski definition) is 2. The zero-order valence-corrected chi connectivity index (χ0v) is 18.7. The lowest BCUT2D eigenvalue weighted by molar-refractivity contribution is 0.412. The van der Waals surface area contributed by atoms with E-state index in [9.17, 15) is 5.11 Å². The molecule has 1 heterocycles. The number of rotatable bonds is 3. The second-order valence-corrected chi connectivity index (χ2v) is 8.93. The maximum Gasteiger partial charge on any atom is 0.126 e. The summed E-state index contributed by atoms with van der Waals surface area (Å²) in [6.45, 7) is 0. The van der Waals surface area contributed by atoms with Crippen LogP contribution in [0.4, 0.5) is 0 Å². The molecule has 3 aromatic carbocycles. The normalized spacial score (nSPS) is 19.3. The van der Waals surface area contributed by atoms with Crippen molar-refractivity contribution in [3.05, 3.63) is 97.4 Å². The van der Waals surface area contributed by atoms with Crippen LogP contribution < -0.4 is 5.32 Å². The maximum absolute atomic E-state index is 10.4. The first kappa shape index (κ1) is 19.6. The minimum absolute atomic E-state index is 0.0747. The Morgan fingerprint density at radius 2 is 1.61 bits per heavy atom. The summed E-state index contributed by atoms with van der Waals surface area (Å²) in [5, 5.41) is 14.7. The molecule has 0 aliphatic carbocycles. The summed E-state index contributed by atoms with van der Waals surface area (Å²) in [6, 6.07) is 21.3. The van der Waals surface area contributed by atoms with Gasteiger partial charge in [0, 0.05) is 37.7 Å². The second kappa shape index (κ2) is 8.37. The highest BCUT2D eigenvalue weighted by Crippen LogP contribution is 2.36. The predicted molar refractivity (Wildman–Crippen MR) is 121 cm³/mol. The van der Waals surface area contributed by atoms with Crippen LogP contribution in [0.1, 0.15) is 35.3 Å². The molecular weight excluding hydrogens is 504 g/mol. The number of aliphatic imine (C=N–C) groups is 1. The molecule has 28 heavy (non-hydrogen) atoms. The lowest BCUT2D eigenvalue weighted by atomic mass is 9.93. The molecule has 0 aromatic heterocycles. The van der Waals surface area contributed by atoms with Crippen molar-refractivity contribution in [2.75, 3.05) is 0 Å². The van der Waals surface area contributed by atoms with Crippen molar-refractivity contribution >= 4 is 49.2 Å². The molecule has 0 saturated carbocycles. The smallest absolute Gasteiger partial charge is 0.126 e. The Labute approximate surface area is 185 Å². The van der Waals surface area contributed by atoms with Gasteiger partial charge in [0.15, 0.2) is 0 Å². The first-order chi connectivity index (χ1) is 13.5. The quantitative estimate of drug-likeness (QED) is 0.399. The molecule has 3 aromatic rings. The van der Waals surface area contributed by atoms with Crippen LogP contribution in [0.25, 0.3) is 0 Å². The molecule has 0 radical (unpaired) electrons. The Morgan fingerprint density at radius 3 is 2.32 bits per heavy atom. The molecule has 3 nitrogen and oxygen atoms in total. The Kier molecular flexibility index (Phi) is 5.88. The molecule has 1 aliphatic heterocycles. The van der Waals surface area contributed by atoms with Gasteiger partial charge in [-0.15, -0.1) is 0 Å². The number of phenolic OH excluding ortho intramolecular Hbond substituents is 1. The molecule has 0 saturated heterocycles. The highest BCUT2D eigenvalue weighted by Gasteiger charge is 2.27. The average molecular weight is 521 g/mol. The van der Waals surface area contributed by atoms with Crippen LogP contribution in [0.15, 0.2) is 80.7 Å². The molecule has 6 heteroatoms. The van der Waals surface area contributed by atoms with E-state index in [1.165, 1.54) is 0 Å². The highest BCUT2D eigenvalue weighted by molar-refractivity contribution is 9.10. The van der Waals surface area contributed by atoms with Crippen molar-refractivity contribution in [2.24, 2.45) is 4.99 Å². The molecule has 0 bridgehead atoms. The van der Waals surface area contributed by atoms with Crippen LogP contribution in [0, 0.1) is 0 Å². The van der Waals surface area contributed by atoms with E-state index in [4.69, 9.17) is 16.6 Å². The minimum atomic E-state index is -0.212. The fourth-order valence-corrected chi connectivity index (χ4v) is 4.11. The van der Waals surface area contributed by atoms with E-state index in [2.05, 4.69) is 37.2 Å². The summed E-state index contributed by atoms with van der Waals surface area (Å²) in [4.78, 5) is 4.96. The van der Waals surface area contributed by atoms with E-state index < -0.39 is 0 Å². The molecule has 0 unspecified atom stereocenters. The average Bonchev–Trinajstić information content (AvgIpc) is 2.70. The fraction of sp³-hybridized carbons (Fsp3) is 0.136. The summed E-state index contributed by atoms with van der Waals surface area (Å²) >= 11 is 13.1. The third kappa shape index (κ3) is 4.33. The van der Waals surface area contributed by atoms with Crippen molar-refractivity contribution in [1.82, 2.24) is 5.32 Å². The minimum Gasteiger partial charge on any atom is -0.508 e. The molecule has 0 fully saturated rings. The molecule has 142 valence electrons. The van der Waals surface area contributed by atoms with Crippen LogP contribution in [0.3, 0.4) is 0 Å². The standard InChI is InChI=1S/C22H17Br2ClN2O/c23-15-5-1-14(2-6-15)22-26-19(13-3-8-17(25)9-4-13)12-20(27-22)18-11-16(24)7-10-21(18)28/h1-11,20,22,27-28H,12H2/t20-,22+/m0/s1. The summed E-state index contributed by atoms with van der Waals surface area (Å²) in [5.74, 6) is 0.271. The Morgan fingerprint density at radius 1 is 0.929 bits per heavy atom. The number of benzene rings is 3. The van der Waals surface area contributed by atoms with Gasteiger partial charge in [-0.3, -0.25) is 10.3 Å². The number of nitrogens with one attached hydrogen (secondary N) is 1. The predicted octanol–water partition coefficient (Wildman–Crippen LogP) is 6.79. The van der Waals surface area contributed by atoms with Gasteiger partial charge in [-0.05, 0) is 53.6 Å². The number of halogens is 3. The van der Waals surface area contributed by atoms with Crippen molar-refractivity contribution in [3.8, 4) is 5.75 Å². The van der Waals surface area contributed by atoms with Crippen molar-refractivity contribution in [2.45, 2.75) is 18.6 Å². The Hall–Kier alpha value is -1.66. The Balaban J connectivity index is 1.76. The lowest BCUT2D eigenvalue weighted by Crippen LogP contribution is -2.33. The van der Waals surface area contributed by atoms with Gasteiger partial charge >= 0.3 is 0 Å². The summed E-state index contributed by atoms with van der Waals surface area (Å²) in [5.41, 5.74) is 3.92. The summed E-state index contributed by atoms with van der Waals surface area (Å²) < 4.78 is 1.95. The van der Waals surface area contributed by atoms with Crippen LogP contribution in [-0.4, -0.2) is 10.8 Å². The number of hydrogen-bond acceptors (Lipinski definition) is 3. The van der Waals surface area contributed by atoms with Crippen LogP contribution in [0.2, 0.25) is 5.02 Å². The topological polar surface area (TPSA) is 44.6 Å². The monoisotopic (exact) mass is 518 g/mol. The molecule has 1 aliphatic rings. The SMILES string of the molecule is Oc1ccc(Br)cc1[C@@H]1CC(c2ccc(Cl)cc2)=N[C@@H](c2ccc(Br)cc2)N1. The van der Waals surface area contributed by atoms with Gasteiger partial charge < -0.3 is 5.11 Å². The second-order valence-electron chi connectivity index (χ2n) is 6.66. The van der Waals surface area contributed by atoms with E-state index in [1.54, 1.807) is 6.07 Å². The third-order valence-corrected chi connectivity index (χ3v) is 6.04. The summed E-state index contributed by atoms with van der Waals surface area (Å²) in [6.07, 6.45) is 0.453.